The zero-order valence-corrected chi connectivity index (χ0v) is 13.5. The molecule has 1 unspecified atom stereocenters. The van der Waals surface area contributed by atoms with Gasteiger partial charge in [-0.1, -0.05) is 0 Å². The van der Waals surface area contributed by atoms with E-state index < -0.39 is 15.4 Å². The average molecular weight is 314 g/mol. The first kappa shape index (κ1) is 16.0. The van der Waals surface area contributed by atoms with Crippen molar-refractivity contribution >= 4 is 21.5 Å². The Bertz CT molecular complexity index is 605. The first-order valence-corrected chi connectivity index (χ1v) is 8.80. The number of hydrogen-bond donors (Lipinski definition) is 2. The molecular weight excluding hydrogens is 292 g/mol. The van der Waals surface area contributed by atoms with Gasteiger partial charge in [-0.05, 0) is 20.3 Å². The quantitative estimate of drug-likeness (QED) is 0.810. The molecular formula is C13H22N4O3S. The van der Waals surface area contributed by atoms with Crippen molar-refractivity contribution in [2.45, 2.75) is 32.4 Å². The van der Waals surface area contributed by atoms with Crippen LogP contribution in [0.2, 0.25) is 0 Å². The van der Waals surface area contributed by atoms with E-state index in [1.165, 1.54) is 0 Å². The predicted octanol–water partition coefficient (Wildman–Crippen LogP) is 1.04. The Balaban J connectivity index is 2.19. The van der Waals surface area contributed by atoms with Crippen LogP contribution >= 0.6 is 0 Å². The molecule has 0 spiro atoms. The molecule has 7 nitrogen and oxygen atoms in total. The maximum Gasteiger partial charge on any atom is 0.158 e. The van der Waals surface area contributed by atoms with Crippen molar-refractivity contribution in [1.82, 2.24) is 9.97 Å². The molecule has 1 aromatic rings. The zero-order valence-electron chi connectivity index (χ0n) is 12.6. The van der Waals surface area contributed by atoms with Gasteiger partial charge in [0.1, 0.15) is 18.2 Å². The lowest BCUT2D eigenvalue weighted by Gasteiger charge is -2.25. The van der Waals surface area contributed by atoms with Crippen LogP contribution in [0.15, 0.2) is 6.07 Å². The molecule has 2 rings (SSSR count). The average Bonchev–Trinajstić information content (AvgIpc) is 2.69. The summed E-state index contributed by atoms with van der Waals surface area (Å²) in [6, 6.07) is 1.77. The van der Waals surface area contributed by atoms with Gasteiger partial charge in [0.15, 0.2) is 15.7 Å². The third-order valence-corrected chi connectivity index (χ3v) is 5.30. The van der Waals surface area contributed by atoms with E-state index in [0.717, 1.165) is 0 Å². The van der Waals surface area contributed by atoms with Crippen LogP contribution in [0.25, 0.3) is 0 Å². The van der Waals surface area contributed by atoms with Gasteiger partial charge in [0, 0.05) is 19.7 Å². The fourth-order valence-corrected chi connectivity index (χ4v) is 4.46. The highest BCUT2D eigenvalue weighted by Gasteiger charge is 2.38. The highest BCUT2D eigenvalue weighted by atomic mass is 32.2. The van der Waals surface area contributed by atoms with Crippen molar-refractivity contribution in [1.29, 1.82) is 0 Å². The first-order valence-electron chi connectivity index (χ1n) is 6.98. The summed E-state index contributed by atoms with van der Waals surface area (Å²) in [5, 5.41) is 6.21. The molecule has 0 radical (unpaired) electrons. The Morgan fingerprint density at radius 2 is 2.10 bits per heavy atom. The molecule has 0 aliphatic carbocycles. The number of nitrogens with zero attached hydrogens (tertiary/aromatic N) is 2. The fourth-order valence-electron chi connectivity index (χ4n) is 2.37. The van der Waals surface area contributed by atoms with Gasteiger partial charge in [-0.15, -0.1) is 0 Å². The second-order valence-electron chi connectivity index (χ2n) is 5.47. The standard InChI is InChI=1S/C13H22N4O3S/c1-4-20-8-12-15-10(14-3)7-11(16-12)17-13(2)5-6-21(18,19)9-13/h7H,4-6,8-9H2,1-3H3,(H2,14,15,16,17). The minimum Gasteiger partial charge on any atom is -0.374 e. The summed E-state index contributed by atoms with van der Waals surface area (Å²) in [5.41, 5.74) is -0.485. The minimum atomic E-state index is -2.96. The molecule has 2 N–H and O–H groups in total. The van der Waals surface area contributed by atoms with Crippen LogP contribution < -0.4 is 10.6 Å². The number of aromatic nitrogens is 2. The number of sulfone groups is 1. The van der Waals surface area contributed by atoms with Crippen molar-refractivity contribution in [2.24, 2.45) is 0 Å². The smallest absolute Gasteiger partial charge is 0.158 e. The maximum atomic E-state index is 11.7. The van der Waals surface area contributed by atoms with Gasteiger partial charge in [0.05, 0.1) is 17.0 Å². The largest absolute Gasteiger partial charge is 0.374 e. The number of anilines is 2. The summed E-state index contributed by atoms with van der Waals surface area (Å²) in [6.45, 7) is 4.73. The van der Waals surface area contributed by atoms with E-state index in [1.807, 2.05) is 13.8 Å². The van der Waals surface area contributed by atoms with Crippen molar-refractivity contribution < 1.29 is 13.2 Å². The molecule has 118 valence electrons. The predicted molar refractivity (Wildman–Crippen MR) is 82.2 cm³/mol. The van der Waals surface area contributed by atoms with Gasteiger partial charge in [0.25, 0.3) is 0 Å². The van der Waals surface area contributed by atoms with Gasteiger partial charge in [0.2, 0.25) is 0 Å². The molecule has 0 bridgehead atoms. The fraction of sp³-hybridized carbons (Fsp3) is 0.692. The van der Waals surface area contributed by atoms with Crippen LogP contribution in [0.3, 0.4) is 0 Å². The van der Waals surface area contributed by atoms with E-state index in [0.29, 0.717) is 37.1 Å². The maximum absolute atomic E-state index is 11.7. The number of nitrogens with one attached hydrogen (secondary N) is 2. The van der Waals surface area contributed by atoms with Gasteiger partial charge in [-0.3, -0.25) is 0 Å². The normalized spacial score (nSPS) is 24.0. The van der Waals surface area contributed by atoms with E-state index in [9.17, 15) is 8.42 Å². The van der Waals surface area contributed by atoms with Crippen molar-refractivity contribution in [3.8, 4) is 0 Å². The summed E-state index contributed by atoms with van der Waals surface area (Å²) in [5.74, 6) is 2.19. The Morgan fingerprint density at radius 3 is 2.67 bits per heavy atom. The van der Waals surface area contributed by atoms with E-state index >= 15 is 0 Å². The van der Waals surface area contributed by atoms with E-state index in [2.05, 4.69) is 20.6 Å². The number of hydrogen-bond acceptors (Lipinski definition) is 7. The SMILES string of the molecule is CCOCc1nc(NC)cc(NC2(C)CCS(=O)(=O)C2)n1. The molecule has 1 aromatic heterocycles. The van der Waals surface area contributed by atoms with Crippen LogP contribution in [0.1, 0.15) is 26.1 Å². The van der Waals surface area contributed by atoms with Crippen molar-refractivity contribution in [3.63, 3.8) is 0 Å². The van der Waals surface area contributed by atoms with Gasteiger partial charge < -0.3 is 15.4 Å². The topological polar surface area (TPSA) is 93.2 Å². The molecule has 0 aromatic carbocycles. The summed E-state index contributed by atoms with van der Waals surface area (Å²) >= 11 is 0. The van der Waals surface area contributed by atoms with Gasteiger partial charge >= 0.3 is 0 Å². The van der Waals surface area contributed by atoms with Gasteiger partial charge in [-0.25, -0.2) is 18.4 Å². The minimum absolute atomic E-state index is 0.125. The Kier molecular flexibility index (Phi) is 4.67. The molecule has 8 heteroatoms. The van der Waals surface area contributed by atoms with Crippen LogP contribution in [-0.2, 0) is 21.2 Å². The molecule has 1 aliphatic rings. The van der Waals surface area contributed by atoms with Crippen LogP contribution in [-0.4, -0.2) is 49.1 Å². The number of rotatable bonds is 6. The Hall–Kier alpha value is -1.41. The van der Waals surface area contributed by atoms with Crippen molar-refractivity contribution in [2.75, 3.05) is 35.8 Å². The molecule has 0 amide bonds. The second kappa shape index (κ2) is 6.15. The Morgan fingerprint density at radius 1 is 1.38 bits per heavy atom. The van der Waals surface area contributed by atoms with Crippen LogP contribution in [0, 0.1) is 0 Å². The molecule has 1 saturated heterocycles. The summed E-state index contributed by atoms with van der Waals surface area (Å²) in [4.78, 5) is 8.70. The van der Waals surface area contributed by atoms with Crippen LogP contribution in [0.4, 0.5) is 11.6 Å². The third-order valence-electron chi connectivity index (χ3n) is 3.40. The molecule has 0 saturated carbocycles. The monoisotopic (exact) mass is 314 g/mol. The molecule has 1 atom stereocenters. The lowest BCUT2D eigenvalue weighted by Crippen LogP contribution is -2.36. The number of ether oxygens (including phenoxy) is 1. The highest BCUT2D eigenvalue weighted by molar-refractivity contribution is 7.91. The molecule has 1 fully saturated rings. The van der Waals surface area contributed by atoms with E-state index in [1.54, 1.807) is 13.1 Å². The molecule has 21 heavy (non-hydrogen) atoms. The first-order chi connectivity index (χ1) is 9.86. The summed E-state index contributed by atoms with van der Waals surface area (Å²) in [6.07, 6.45) is 0.578. The Labute approximate surface area is 125 Å². The van der Waals surface area contributed by atoms with Crippen molar-refractivity contribution in [3.05, 3.63) is 11.9 Å². The summed E-state index contributed by atoms with van der Waals surface area (Å²) in [7, 11) is -1.18. The molecule has 2 heterocycles. The lowest BCUT2D eigenvalue weighted by molar-refractivity contribution is 0.128. The van der Waals surface area contributed by atoms with Crippen LogP contribution in [0.5, 0.6) is 0 Å². The van der Waals surface area contributed by atoms with E-state index in [-0.39, 0.29) is 11.5 Å². The highest BCUT2D eigenvalue weighted by Crippen LogP contribution is 2.27. The van der Waals surface area contributed by atoms with E-state index in [4.69, 9.17) is 4.74 Å². The van der Waals surface area contributed by atoms with Gasteiger partial charge in [-0.2, -0.15) is 0 Å². The molecule has 1 aliphatic heterocycles. The second-order valence-corrected chi connectivity index (χ2v) is 7.65. The lowest BCUT2D eigenvalue weighted by atomic mass is 10.0. The third kappa shape index (κ3) is 4.28. The summed E-state index contributed by atoms with van der Waals surface area (Å²) < 4.78 is 28.7. The zero-order chi connectivity index (χ0) is 15.5.